The number of nitrogens with zero attached hydrogens (tertiary/aromatic N) is 2. The van der Waals surface area contributed by atoms with Crippen LogP contribution < -0.4 is 11.1 Å². The Hall–Kier alpha value is -3.25. The summed E-state index contributed by atoms with van der Waals surface area (Å²) in [5, 5.41) is 5.03. The number of hydrogen-bond acceptors (Lipinski definition) is 4. The Morgan fingerprint density at radius 2 is 1.71 bits per heavy atom. The summed E-state index contributed by atoms with van der Waals surface area (Å²) in [6, 6.07) is 18.4. The van der Waals surface area contributed by atoms with Crippen molar-refractivity contribution in [3.63, 3.8) is 0 Å². The van der Waals surface area contributed by atoms with E-state index in [1.165, 1.54) is 24.8 Å². The Labute approximate surface area is 206 Å². The van der Waals surface area contributed by atoms with Crippen LogP contribution in [0.1, 0.15) is 61.0 Å². The standard InChI is InChI=1S/C29H34N4O2/c30-28(34)27-25-12-5-4-8-22(25)18-26(32-27)23-9-6-7-20(17-23)19-33-15-13-21(14-16-33)29(35)31-24-10-2-1-3-11-24/h4-9,12,17-18,21,24H,1-3,10-11,13-16,19H2,(H2,30,34)(H,31,35). The molecule has 2 heterocycles. The number of piperidine rings is 1. The van der Waals surface area contributed by atoms with Gasteiger partial charge in [-0.3, -0.25) is 14.5 Å². The predicted molar refractivity (Wildman–Crippen MR) is 139 cm³/mol. The zero-order valence-electron chi connectivity index (χ0n) is 20.2. The maximum Gasteiger partial charge on any atom is 0.267 e. The van der Waals surface area contributed by atoms with Crippen molar-refractivity contribution in [2.45, 2.75) is 57.5 Å². The summed E-state index contributed by atoms with van der Waals surface area (Å²) >= 11 is 0. The maximum absolute atomic E-state index is 12.7. The van der Waals surface area contributed by atoms with Crippen LogP contribution in [0.3, 0.4) is 0 Å². The lowest BCUT2D eigenvalue weighted by molar-refractivity contribution is -0.127. The fourth-order valence-electron chi connectivity index (χ4n) is 5.54. The van der Waals surface area contributed by atoms with Crippen molar-refractivity contribution in [1.29, 1.82) is 0 Å². The normalized spacial score (nSPS) is 17.9. The van der Waals surface area contributed by atoms with Crippen molar-refractivity contribution in [1.82, 2.24) is 15.2 Å². The molecule has 6 nitrogen and oxygen atoms in total. The number of benzene rings is 2. The minimum Gasteiger partial charge on any atom is -0.364 e. The van der Waals surface area contributed by atoms with E-state index in [2.05, 4.69) is 27.3 Å². The summed E-state index contributed by atoms with van der Waals surface area (Å²) in [5.41, 5.74) is 8.85. The summed E-state index contributed by atoms with van der Waals surface area (Å²) in [6.45, 7) is 2.68. The second-order valence-corrected chi connectivity index (χ2v) is 10.0. The maximum atomic E-state index is 12.7. The molecule has 0 radical (unpaired) electrons. The van der Waals surface area contributed by atoms with E-state index < -0.39 is 5.91 Å². The highest BCUT2D eigenvalue weighted by Crippen LogP contribution is 2.27. The number of primary amides is 1. The predicted octanol–water partition coefficient (Wildman–Crippen LogP) is 4.66. The second-order valence-electron chi connectivity index (χ2n) is 10.0. The van der Waals surface area contributed by atoms with Gasteiger partial charge in [-0.25, -0.2) is 4.98 Å². The van der Waals surface area contributed by atoms with Crippen molar-refractivity contribution >= 4 is 22.6 Å². The fourth-order valence-corrected chi connectivity index (χ4v) is 5.54. The van der Waals surface area contributed by atoms with Gasteiger partial charge < -0.3 is 11.1 Å². The molecule has 6 heteroatoms. The number of rotatable bonds is 6. The van der Waals surface area contributed by atoms with Gasteiger partial charge in [0.15, 0.2) is 0 Å². The van der Waals surface area contributed by atoms with Crippen LogP contribution in [0.5, 0.6) is 0 Å². The number of fused-ring (bicyclic) bond motifs is 1. The molecular weight excluding hydrogens is 436 g/mol. The quantitative estimate of drug-likeness (QED) is 0.548. The molecule has 5 rings (SSSR count). The van der Waals surface area contributed by atoms with Gasteiger partial charge in [0.25, 0.3) is 5.91 Å². The van der Waals surface area contributed by atoms with Crippen LogP contribution in [0.25, 0.3) is 22.0 Å². The first kappa shape index (κ1) is 23.5. The topological polar surface area (TPSA) is 88.3 Å². The minimum absolute atomic E-state index is 0.133. The monoisotopic (exact) mass is 470 g/mol. The third kappa shape index (κ3) is 5.54. The number of nitrogens with two attached hydrogens (primary N) is 1. The van der Waals surface area contributed by atoms with Crippen molar-refractivity contribution in [3.05, 3.63) is 65.9 Å². The minimum atomic E-state index is -0.519. The zero-order chi connectivity index (χ0) is 24.2. The van der Waals surface area contributed by atoms with E-state index in [-0.39, 0.29) is 11.8 Å². The third-order valence-electron chi connectivity index (χ3n) is 7.51. The molecule has 2 fully saturated rings. The van der Waals surface area contributed by atoms with Gasteiger partial charge in [-0.2, -0.15) is 0 Å². The van der Waals surface area contributed by atoms with Gasteiger partial charge in [-0.05, 0) is 61.9 Å². The zero-order valence-corrected chi connectivity index (χ0v) is 20.2. The molecule has 1 aromatic heterocycles. The Balaban J connectivity index is 1.24. The molecule has 0 atom stereocenters. The number of carbonyl (C=O) groups excluding carboxylic acids is 2. The van der Waals surface area contributed by atoms with Crippen molar-refractivity contribution in [2.24, 2.45) is 11.7 Å². The van der Waals surface area contributed by atoms with Crippen molar-refractivity contribution in [2.75, 3.05) is 13.1 Å². The number of pyridine rings is 1. The molecule has 3 aromatic rings. The van der Waals surface area contributed by atoms with E-state index in [1.54, 1.807) is 0 Å². The van der Waals surface area contributed by atoms with Crippen LogP contribution in [0.4, 0.5) is 0 Å². The van der Waals surface area contributed by atoms with E-state index in [9.17, 15) is 9.59 Å². The smallest absolute Gasteiger partial charge is 0.267 e. The molecule has 0 unspecified atom stereocenters. The molecule has 35 heavy (non-hydrogen) atoms. The Kier molecular flexibility index (Phi) is 7.09. The molecule has 182 valence electrons. The van der Waals surface area contributed by atoms with Crippen LogP contribution in [-0.4, -0.2) is 40.8 Å². The lowest BCUT2D eigenvalue weighted by Gasteiger charge is -2.32. The van der Waals surface area contributed by atoms with Gasteiger partial charge in [-0.15, -0.1) is 0 Å². The van der Waals surface area contributed by atoms with Gasteiger partial charge in [0.1, 0.15) is 5.69 Å². The lowest BCUT2D eigenvalue weighted by Crippen LogP contribution is -2.44. The average Bonchev–Trinajstić information content (AvgIpc) is 2.89. The van der Waals surface area contributed by atoms with Crippen LogP contribution >= 0.6 is 0 Å². The Morgan fingerprint density at radius 3 is 2.49 bits per heavy atom. The number of carbonyl (C=O) groups is 2. The molecule has 1 saturated carbocycles. The number of likely N-dealkylation sites (tertiary alicyclic amines) is 1. The molecule has 2 aromatic carbocycles. The number of hydrogen-bond donors (Lipinski definition) is 2. The number of aromatic nitrogens is 1. The lowest BCUT2D eigenvalue weighted by atomic mass is 9.92. The molecule has 2 amide bonds. The highest BCUT2D eigenvalue weighted by Gasteiger charge is 2.27. The molecule has 1 aliphatic heterocycles. The molecule has 2 aliphatic rings. The summed E-state index contributed by atoms with van der Waals surface area (Å²) in [6.07, 6.45) is 7.86. The van der Waals surface area contributed by atoms with Crippen LogP contribution in [0.15, 0.2) is 54.6 Å². The van der Waals surface area contributed by atoms with Gasteiger partial charge >= 0.3 is 0 Å². The molecule has 1 saturated heterocycles. The fraction of sp³-hybridized carbons (Fsp3) is 0.414. The number of nitrogens with one attached hydrogen (secondary N) is 1. The molecule has 1 aliphatic carbocycles. The van der Waals surface area contributed by atoms with E-state index >= 15 is 0 Å². The van der Waals surface area contributed by atoms with Crippen LogP contribution in [-0.2, 0) is 11.3 Å². The SMILES string of the molecule is NC(=O)c1nc(-c2cccc(CN3CCC(C(=O)NC4CCCCC4)CC3)c2)cc2ccccc12. The highest BCUT2D eigenvalue weighted by atomic mass is 16.2. The molecule has 3 N–H and O–H groups in total. The second kappa shape index (κ2) is 10.6. The van der Waals surface area contributed by atoms with Crippen molar-refractivity contribution in [3.8, 4) is 11.3 Å². The summed E-state index contributed by atoms with van der Waals surface area (Å²) in [7, 11) is 0. The summed E-state index contributed by atoms with van der Waals surface area (Å²) in [5.74, 6) is -0.130. The molecule has 0 bridgehead atoms. The first-order valence-electron chi connectivity index (χ1n) is 12.9. The molecule has 0 spiro atoms. The van der Waals surface area contributed by atoms with E-state index in [4.69, 9.17) is 5.73 Å². The van der Waals surface area contributed by atoms with E-state index in [0.717, 1.165) is 67.3 Å². The summed E-state index contributed by atoms with van der Waals surface area (Å²) in [4.78, 5) is 31.8. The van der Waals surface area contributed by atoms with Crippen LogP contribution in [0.2, 0.25) is 0 Å². The Bertz CT molecular complexity index is 1210. The van der Waals surface area contributed by atoms with E-state index in [1.807, 2.05) is 42.5 Å². The first-order chi connectivity index (χ1) is 17.1. The van der Waals surface area contributed by atoms with Crippen molar-refractivity contribution < 1.29 is 9.59 Å². The largest absolute Gasteiger partial charge is 0.364 e. The van der Waals surface area contributed by atoms with E-state index in [0.29, 0.717) is 11.7 Å². The van der Waals surface area contributed by atoms with Gasteiger partial charge in [0.05, 0.1) is 5.69 Å². The average molecular weight is 471 g/mol. The van der Waals surface area contributed by atoms with Gasteiger partial charge in [0.2, 0.25) is 5.91 Å². The number of amides is 2. The van der Waals surface area contributed by atoms with Gasteiger partial charge in [-0.1, -0.05) is 61.7 Å². The summed E-state index contributed by atoms with van der Waals surface area (Å²) < 4.78 is 0. The Morgan fingerprint density at radius 1 is 0.943 bits per heavy atom. The van der Waals surface area contributed by atoms with Gasteiger partial charge in [0, 0.05) is 29.5 Å². The third-order valence-corrected chi connectivity index (χ3v) is 7.51. The first-order valence-corrected chi connectivity index (χ1v) is 12.9. The van der Waals surface area contributed by atoms with Crippen LogP contribution in [0, 0.1) is 5.92 Å². The molecular formula is C29H34N4O2. The highest BCUT2D eigenvalue weighted by molar-refractivity contribution is 6.05.